The zero-order valence-corrected chi connectivity index (χ0v) is 17.8. The number of aliphatic hydroxyl groups is 1. The van der Waals surface area contributed by atoms with Gasteiger partial charge in [-0.3, -0.25) is 9.59 Å². The number of carbonyl (C=O) groups excluding carboxylic acids is 2. The monoisotopic (exact) mass is 430 g/mol. The van der Waals surface area contributed by atoms with Crippen LogP contribution in [-0.2, 0) is 22.6 Å². The number of hydrogen-bond donors (Lipinski definition) is 4. The van der Waals surface area contributed by atoms with Gasteiger partial charge in [-0.05, 0) is 40.5 Å². The molecule has 0 aliphatic rings. The SMILES string of the molecule is CC[C@@H](O)C(=O)N[C@@H](Cc1cccc2ccccc12)C(=O)NCc1cnc2[nH]ccc2c1. The Labute approximate surface area is 185 Å². The van der Waals surface area contributed by atoms with E-state index < -0.39 is 18.1 Å². The number of aliphatic hydroxyl groups excluding tert-OH is 1. The molecule has 0 saturated heterocycles. The predicted octanol–water partition coefficient (Wildman–Crippen LogP) is 2.83. The van der Waals surface area contributed by atoms with E-state index in [1.807, 2.05) is 60.8 Å². The molecule has 0 aliphatic heterocycles. The number of rotatable bonds is 8. The Morgan fingerprint density at radius 3 is 2.72 bits per heavy atom. The molecule has 2 aromatic heterocycles. The minimum absolute atomic E-state index is 0.275. The van der Waals surface area contributed by atoms with Gasteiger partial charge in [0.15, 0.2) is 0 Å². The van der Waals surface area contributed by atoms with Crippen LogP contribution in [0.4, 0.5) is 0 Å². The number of nitrogens with zero attached hydrogens (tertiary/aromatic N) is 1. The molecule has 7 heteroatoms. The van der Waals surface area contributed by atoms with Crippen LogP contribution in [0.1, 0.15) is 24.5 Å². The van der Waals surface area contributed by atoms with Crippen molar-refractivity contribution in [1.82, 2.24) is 20.6 Å². The largest absolute Gasteiger partial charge is 0.383 e. The fourth-order valence-electron chi connectivity index (χ4n) is 3.75. The third-order valence-corrected chi connectivity index (χ3v) is 5.55. The van der Waals surface area contributed by atoms with Crippen LogP contribution in [0.15, 0.2) is 67.0 Å². The Morgan fingerprint density at radius 1 is 1.06 bits per heavy atom. The van der Waals surface area contributed by atoms with Gasteiger partial charge >= 0.3 is 0 Å². The first-order chi connectivity index (χ1) is 15.5. The Hall–Kier alpha value is -3.71. The lowest BCUT2D eigenvalue weighted by atomic mass is 9.98. The predicted molar refractivity (Wildman–Crippen MR) is 124 cm³/mol. The second-order valence-corrected chi connectivity index (χ2v) is 7.80. The van der Waals surface area contributed by atoms with E-state index >= 15 is 0 Å². The van der Waals surface area contributed by atoms with Crippen LogP contribution in [-0.4, -0.2) is 39.0 Å². The molecule has 0 saturated carbocycles. The number of amides is 2. The molecule has 0 unspecified atom stereocenters. The number of nitrogens with one attached hydrogen (secondary N) is 3. The van der Waals surface area contributed by atoms with Crippen LogP contribution < -0.4 is 10.6 Å². The fraction of sp³-hybridized carbons (Fsp3) is 0.240. The lowest BCUT2D eigenvalue weighted by Gasteiger charge is -2.21. The Bertz CT molecular complexity index is 1240. The van der Waals surface area contributed by atoms with E-state index in [2.05, 4.69) is 20.6 Å². The molecule has 0 fully saturated rings. The number of benzene rings is 2. The summed E-state index contributed by atoms with van der Waals surface area (Å²) in [5, 5.41) is 18.6. The molecule has 0 bridgehead atoms. The first kappa shape index (κ1) is 21.5. The summed E-state index contributed by atoms with van der Waals surface area (Å²) >= 11 is 0. The molecule has 32 heavy (non-hydrogen) atoms. The molecule has 0 aliphatic carbocycles. The Balaban J connectivity index is 1.53. The summed E-state index contributed by atoms with van der Waals surface area (Å²) in [6.45, 7) is 2.00. The second kappa shape index (κ2) is 9.62. The molecule has 2 amide bonds. The van der Waals surface area contributed by atoms with E-state index in [0.717, 1.165) is 32.9 Å². The second-order valence-electron chi connectivity index (χ2n) is 7.80. The lowest BCUT2D eigenvalue weighted by molar-refractivity contribution is -0.134. The first-order valence-electron chi connectivity index (χ1n) is 10.7. The summed E-state index contributed by atoms with van der Waals surface area (Å²) in [4.78, 5) is 32.8. The van der Waals surface area contributed by atoms with Crippen LogP contribution in [0, 0.1) is 0 Å². The number of hydrogen-bond acceptors (Lipinski definition) is 4. The normalized spacial score (nSPS) is 13.1. The number of fused-ring (bicyclic) bond motifs is 2. The van der Waals surface area contributed by atoms with Gasteiger partial charge in [-0.15, -0.1) is 0 Å². The first-order valence-corrected chi connectivity index (χ1v) is 10.7. The van der Waals surface area contributed by atoms with Gasteiger partial charge in [0.2, 0.25) is 11.8 Å². The number of aromatic nitrogens is 2. The molecule has 4 aromatic rings. The Morgan fingerprint density at radius 2 is 1.88 bits per heavy atom. The van der Waals surface area contributed by atoms with E-state index in [1.165, 1.54) is 0 Å². The van der Waals surface area contributed by atoms with Gasteiger partial charge in [-0.1, -0.05) is 49.4 Å². The lowest BCUT2D eigenvalue weighted by Crippen LogP contribution is -2.50. The summed E-state index contributed by atoms with van der Waals surface area (Å²) in [6.07, 6.45) is 2.95. The Kier molecular flexibility index (Phi) is 6.47. The molecule has 2 heterocycles. The van der Waals surface area contributed by atoms with E-state index in [0.29, 0.717) is 6.42 Å². The van der Waals surface area contributed by atoms with Crippen molar-refractivity contribution in [2.45, 2.75) is 38.5 Å². The highest BCUT2D eigenvalue weighted by Crippen LogP contribution is 2.20. The summed E-state index contributed by atoms with van der Waals surface area (Å²) in [5.41, 5.74) is 2.59. The molecule has 0 spiro atoms. The number of H-pyrrole nitrogens is 1. The minimum atomic E-state index is -1.15. The summed E-state index contributed by atoms with van der Waals surface area (Å²) in [7, 11) is 0. The molecule has 2 atom stereocenters. The zero-order valence-electron chi connectivity index (χ0n) is 17.8. The maximum absolute atomic E-state index is 13.1. The van der Waals surface area contributed by atoms with Crippen molar-refractivity contribution in [3.63, 3.8) is 0 Å². The highest BCUT2D eigenvalue weighted by molar-refractivity contribution is 5.91. The molecular weight excluding hydrogens is 404 g/mol. The van der Waals surface area contributed by atoms with Crippen LogP contribution in [0.2, 0.25) is 0 Å². The molecule has 7 nitrogen and oxygen atoms in total. The topological polar surface area (TPSA) is 107 Å². The smallest absolute Gasteiger partial charge is 0.249 e. The maximum Gasteiger partial charge on any atom is 0.249 e. The van der Waals surface area contributed by atoms with Crippen LogP contribution >= 0.6 is 0 Å². The van der Waals surface area contributed by atoms with E-state index in [9.17, 15) is 14.7 Å². The van der Waals surface area contributed by atoms with Gasteiger partial charge in [-0.2, -0.15) is 0 Å². The third-order valence-electron chi connectivity index (χ3n) is 5.55. The van der Waals surface area contributed by atoms with E-state index in [-0.39, 0.29) is 18.9 Å². The van der Waals surface area contributed by atoms with Gasteiger partial charge in [-0.25, -0.2) is 4.98 Å². The van der Waals surface area contributed by atoms with Crippen molar-refractivity contribution in [2.24, 2.45) is 0 Å². The summed E-state index contributed by atoms with van der Waals surface area (Å²) in [5.74, 6) is -0.868. The average molecular weight is 431 g/mol. The number of pyridine rings is 1. The molecule has 2 aromatic carbocycles. The van der Waals surface area contributed by atoms with Crippen LogP contribution in [0.25, 0.3) is 21.8 Å². The van der Waals surface area contributed by atoms with Crippen molar-refractivity contribution in [3.8, 4) is 0 Å². The zero-order chi connectivity index (χ0) is 22.5. The van der Waals surface area contributed by atoms with Crippen molar-refractivity contribution in [2.75, 3.05) is 0 Å². The van der Waals surface area contributed by atoms with Crippen LogP contribution in [0.3, 0.4) is 0 Å². The molecular formula is C25H26N4O3. The highest BCUT2D eigenvalue weighted by atomic mass is 16.3. The summed E-state index contributed by atoms with van der Waals surface area (Å²) < 4.78 is 0. The fourth-order valence-corrected chi connectivity index (χ4v) is 3.75. The van der Waals surface area contributed by atoms with Crippen molar-refractivity contribution < 1.29 is 14.7 Å². The van der Waals surface area contributed by atoms with Crippen LogP contribution in [0.5, 0.6) is 0 Å². The van der Waals surface area contributed by atoms with Gasteiger partial charge < -0.3 is 20.7 Å². The maximum atomic E-state index is 13.1. The highest BCUT2D eigenvalue weighted by Gasteiger charge is 2.24. The quantitative estimate of drug-likeness (QED) is 0.345. The summed E-state index contributed by atoms with van der Waals surface area (Å²) in [6, 6.07) is 16.9. The van der Waals surface area contributed by atoms with Gasteiger partial charge in [0.05, 0.1) is 0 Å². The van der Waals surface area contributed by atoms with Gasteiger partial charge in [0, 0.05) is 30.7 Å². The van der Waals surface area contributed by atoms with E-state index in [1.54, 1.807) is 13.1 Å². The molecule has 164 valence electrons. The number of carbonyl (C=O) groups is 2. The van der Waals surface area contributed by atoms with Gasteiger partial charge in [0.1, 0.15) is 17.8 Å². The standard InChI is InChI=1S/C25H26N4O3/c1-2-22(30)25(32)29-21(13-18-8-5-7-17-6-3-4-9-20(17)18)24(31)28-15-16-12-19-10-11-26-23(19)27-14-16/h3-12,14,21-22,30H,2,13,15H2,1H3,(H,26,27)(H,28,31)(H,29,32)/t21-,22+/m0/s1. The van der Waals surface area contributed by atoms with Gasteiger partial charge in [0.25, 0.3) is 0 Å². The third kappa shape index (κ3) is 4.78. The average Bonchev–Trinajstić information content (AvgIpc) is 3.29. The molecule has 4 N–H and O–H groups in total. The van der Waals surface area contributed by atoms with Crippen molar-refractivity contribution in [1.29, 1.82) is 0 Å². The number of aromatic amines is 1. The molecule has 4 rings (SSSR count). The molecule has 0 radical (unpaired) electrons. The van der Waals surface area contributed by atoms with Crippen molar-refractivity contribution >= 4 is 33.6 Å². The minimum Gasteiger partial charge on any atom is -0.383 e. The van der Waals surface area contributed by atoms with E-state index in [4.69, 9.17) is 0 Å². The van der Waals surface area contributed by atoms with Crippen molar-refractivity contribution in [3.05, 3.63) is 78.1 Å².